The molecule has 0 spiro atoms. The summed E-state index contributed by atoms with van der Waals surface area (Å²) < 4.78 is 33.5. The zero-order chi connectivity index (χ0) is 21.8. The number of hydrogen-bond acceptors (Lipinski definition) is 4. The first-order valence-corrected chi connectivity index (χ1v) is 9.60. The summed E-state index contributed by atoms with van der Waals surface area (Å²) in [6, 6.07) is 17.0. The van der Waals surface area contributed by atoms with Gasteiger partial charge in [0.15, 0.2) is 11.6 Å². The Kier molecular flexibility index (Phi) is 5.75. The van der Waals surface area contributed by atoms with Crippen LogP contribution in [0.3, 0.4) is 0 Å². The minimum atomic E-state index is -0.599. The van der Waals surface area contributed by atoms with Crippen molar-refractivity contribution in [2.75, 3.05) is 12.4 Å². The molecule has 0 fully saturated rings. The number of benzene rings is 3. The highest BCUT2D eigenvalue weighted by atomic mass is 19.1. The van der Waals surface area contributed by atoms with Crippen LogP contribution in [-0.2, 0) is 6.54 Å². The average molecular weight is 419 g/mol. The predicted octanol–water partition coefficient (Wildman–Crippen LogP) is 5.28. The molecule has 7 heteroatoms. The number of rotatable bonds is 6. The summed E-state index contributed by atoms with van der Waals surface area (Å²) in [5, 5.41) is 6.44. The molecule has 5 nitrogen and oxygen atoms in total. The van der Waals surface area contributed by atoms with Crippen molar-refractivity contribution in [3.8, 4) is 11.5 Å². The molecule has 0 aliphatic rings. The number of aromatic nitrogens is 1. The SMILES string of the molecule is CNc1ccc2c(Oc3cc(C(=O)NCc4cccc(F)c4)ccc3F)ccnc2c1. The zero-order valence-electron chi connectivity index (χ0n) is 16.7. The summed E-state index contributed by atoms with van der Waals surface area (Å²) in [5.41, 5.74) is 2.42. The van der Waals surface area contributed by atoms with Crippen molar-refractivity contribution in [2.45, 2.75) is 6.54 Å². The number of carbonyl (C=O) groups excluding carboxylic acids is 1. The molecule has 0 aliphatic carbocycles. The minimum Gasteiger partial charge on any atom is -0.453 e. The van der Waals surface area contributed by atoms with Gasteiger partial charge in [-0.05, 0) is 60.2 Å². The van der Waals surface area contributed by atoms with Crippen LogP contribution in [0.2, 0.25) is 0 Å². The molecular weight excluding hydrogens is 400 g/mol. The first kappa shape index (κ1) is 20.3. The van der Waals surface area contributed by atoms with E-state index in [-0.39, 0.29) is 23.7 Å². The van der Waals surface area contributed by atoms with Crippen molar-refractivity contribution >= 4 is 22.5 Å². The monoisotopic (exact) mass is 419 g/mol. The largest absolute Gasteiger partial charge is 0.453 e. The maximum atomic E-state index is 14.4. The van der Waals surface area contributed by atoms with Crippen LogP contribution in [0.4, 0.5) is 14.5 Å². The summed E-state index contributed by atoms with van der Waals surface area (Å²) in [5.74, 6) is -1.06. The van der Waals surface area contributed by atoms with Crippen LogP contribution in [0.15, 0.2) is 72.9 Å². The van der Waals surface area contributed by atoms with Crippen LogP contribution in [0.5, 0.6) is 11.5 Å². The molecule has 4 rings (SSSR count). The molecule has 0 saturated carbocycles. The van der Waals surface area contributed by atoms with Crippen LogP contribution >= 0.6 is 0 Å². The molecule has 3 aromatic carbocycles. The van der Waals surface area contributed by atoms with Crippen LogP contribution < -0.4 is 15.4 Å². The van der Waals surface area contributed by atoms with Gasteiger partial charge in [-0.15, -0.1) is 0 Å². The fourth-order valence-corrected chi connectivity index (χ4v) is 3.14. The van der Waals surface area contributed by atoms with E-state index in [1.807, 2.05) is 25.2 Å². The maximum absolute atomic E-state index is 14.4. The second kappa shape index (κ2) is 8.79. The van der Waals surface area contributed by atoms with E-state index >= 15 is 0 Å². The van der Waals surface area contributed by atoms with E-state index < -0.39 is 11.7 Å². The van der Waals surface area contributed by atoms with Crippen molar-refractivity contribution in [2.24, 2.45) is 0 Å². The van der Waals surface area contributed by atoms with E-state index in [9.17, 15) is 13.6 Å². The number of ether oxygens (including phenoxy) is 1. The highest BCUT2D eigenvalue weighted by Gasteiger charge is 2.13. The van der Waals surface area contributed by atoms with Crippen molar-refractivity contribution in [3.05, 3.63) is 95.7 Å². The Hall–Kier alpha value is -4.00. The molecule has 0 aliphatic heterocycles. The van der Waals surface area contributed by atoms with Crippen LogP contribution in [0.1, 0.15) is 15.9 Å². The van der Waals surface area contributed by atoms with E-state index in [1.54, 1.807) is 24.4 Å². The predicted molar refractivity (Wildman–Crippen MR) is 115 cm³/mol. The van der Waals surface area contributed by atoms with E-state index in [2.05, 4.69) is 15.6 Å². The van der Waals surface area contributed by atoms with Gasteiger partial charge < -0.3 is 15.4 Å². The van der Waals surface area contributed by atoms with Crippen LogP contribution in [0, 0.1) is 11.6 Å². The molecule has 2 N–H and O–H groups in total. The Morgan fingerprint density at radius 3 is 2.68 bits per heavy atom. The van der Waals surface area contributed by atoms with Gasteiger partial charge >= 0.3 is 0 Å². The molecule has 1 aromatic heterocycles. The Labute approximate surface area is 177 Å². The molecule has 0 bridgehead atoms. The molecule has 4 aromatic rings. The number of fused-ring (bicyclic) bond motifs is 1. The standard InChI is InChI=1S/C24H19F2N3O2/c1-27-18-6-7-19-21(13-18)28-10-9-22(19)31-23-12-16(5-8-20(23)26)24(30)29-14-15-3-2-4-17(25)11-15/h2-13,27H,14H2,1H3,(H,29,30). The molecule has 0 unspecified atom stereocenters. The lowest BCUT2D eigenvalue weighted by Gasteiger charge is -2.12. The third-order valence-corrected chi connectivity index (χ3v) is 4.75. The summed E-state index contributed by atoms with van der Waals surface area (Å²) in [6.07, 6.45) is 1.57. The van der Waals surface area contributed by atoms with Crippen LogP contribution in [-0.4, -0.2) is 17.9 Å². The van der Waals surface area contributed by atoms with Crippen molar-refractivity contribution in [1.29, 1.82) is 0 Å². The van der Waals surface area contributed by atoms with Crippen LogP contribution in [0.25, 0.3) is 10.9 Å². The molecule has 0 radical (unpaired) electrons. The quantitative estimate of drug-likeness (QED) is 0.447. The minimum absolute atomic E-state index is 0.0800. The zero-order valence-corrected chi connectivity index (χ0v) is 16.7. The van der Waals surface area contributed by atoms with Gasteiger partial charge in [-0.3, -0.25) is 9.78 Å². The number of nitrogens with one attached hydrogen (secondary N) is 2. The Bertz CT molecular complexity index is 1260. The molecule has 1 amide bonds. The average Bonchev–Trinajstić information content (AvgIpc) is 2.78. The van der Waals surface area contributed by atoms with E-state index in [0.717, 1.165) is 5.69 Å². The number of nitrogens with zero attached hydrogens (tertiary/aromatic N) is 1. The molecular formula is C24H19F2N3O2. The van der Waals surface area contributed by atoms with E-state index in [0.29, 0.717) is 22.2 Å². The van der Waals surface area contributed by atoms with Gasteiger partial charge in [0.2, 0.25) is 0 Å². The molecule has 0 saturated heterocycles. The fourth-order valence-electron chi connectivity index (χ4n) is 3.14. The third-order valence-electron chi connectivity index (χ3n) is 4.75. The van der Waals surface area contributed by atoms with Crippen molar-refractivity contribution in [3.63, 3.8) is 0 Å². The third kappa shape index (κ3) is 4.61. The Morgan fingerprint density at radius 2 is 1.87 bits per heavy atom. The molecule has 1 heterocycles. The molecule has 31 heavy (non-hydrogen) atoms. The first-order valence-electron chi connectivity index (χ1n) is 9.60. The second-order valence-electron chi connectivity index (χ2n) is 6.85. The molecule has 156 valence electrons. The highest BCUT2D eigenvalue weighted by molar-refractivity contribution is 5.94. The Balaban J connectivity index is 1.55. The highest BCUT2D eigenvalue weighted by Crippen LogP contribution is 2.32. The maximum Gasteiger partial charge on any atom is 0.251 e. The topological polar surface area (TPSA) is 63.2 Å². The van der Waals surface area contributed by atoms with Gasteiger partial charge in [0.1, 0.15) is 11.6 Å². The summed E-state index contributed by atoms with van der Waals surface area (Å²) in [7, 11) is 1.81. The van der Waals surface area contributed by atoms with Gasteiger partial charge in [-0.2, -0.15) is 0 Å². The van der Waals surface area contributed by atoms with E-state index in [1.165, 1.54) is 30.3 Å². The Morgan fingerprint density at radius 1 is 1.00 bits per heavy atom. The lowest BCUT2D eigenvalue weighted by atomic mass is 10.1. The number of pyridine rings is 1. The van der Waals surface area contributed by atoms with Gasteiger partial charge in [-0.25, -0.2) is 8.78 Å². The second-order valence-corrected chi connectivity index (χ2v) is 6.85. The van der Waals surface area contributed by atoms with Gasteiger partial charge in [-0.1, -0.05) is 12.1 Å². The van der Waals surface area contributed by atoms with Gasteiger partial charge in [0.05, 0.1) is 5.52 Å². The van der Waals surface area contributed by atoms with Gasteiger partial charge in [0.25, 0.3) is 5.91 Å². The summed E-state index contributed by atoms with van der Waals surface area (Å²) in [6.45, 7) is 0.146. The lowest BCUT2D eigenvalue weighted by Crippen LogP contribution is -2.22. The van der Waals surface area contributed by atoms with Crippen molar-refractivity contribution in [1.82, 2.24) is 10.3 Å². The molecule has 0 atom stereocenters. The lowest BCUT2D eigenvalue weighted by molar-refractivity contribution is 0.0950. The first-order chi connectivity index (χ1) is 15.0. The van der Waals surface area contributed by atoms with Crippen molar-refractivity contribution < 1.29 is 18.3 Å². The number of amides is 1. The summed E-state index contributed by atoms with van der Waals surface area (Å²) in [4.78, 5) is 16.8. The number of hydrogen-bond donors (Lipinski definition) is 2. The number of halogens is 2. The van der Waals surface area contributed by atoms with Gasteiger partial charge in [0, 0.05) is 36.4 Å². The number of anilines is 1. The van der Waals surface area contributed by atoms with E-state index in [4.69, 9.17) is 4.74 Å². The normalized spacial score (nSPS) is 10.7. The number of carbonyl (C=O) groups is 1. The summed E-state index contributed by atoms with van der Waals surface area (Å²) >= 11 is 0. The smallest absolute Gasteiger partial charge is 0.251 e. The fraction of sp³-hybridized carbons (Fsp3) is 0.0833.